The smallest absolute Gasteiger partial charge is 0.148 e. The van der Waals surface area contributed by atoms with Crippen molar-refractivity contribution < 1.29 is 0 Å². The van der Waals surface area contributed by atoms with Crippen molar-refractivity contribution in [3.05, 3.63) is 11.3 Å². The van der Waals surface area contributed by atoms with Crippen LogP contribution in [0.5, 0.6) is 0 Å². The van der Waals surface area contributed by atoms with Crippen molar-refractivity contribution >= 4 is 5.82 Å². The lowest BCUT2D eigenvalue weighted by atomic mass is 10.1. The zero-order chi connectivity index (χ0) is 8.43. The number of nitrogens with two attached hydrogens (primary N) is 1. The predicted molar refractivity (Wildman–Crippen MR) is 46.4 cm³/mol. The molecule has 0 aliphatic heterocycles. The second kappa shape index (κ2) is 2.95. The fraction of sp³-hybridized carbons (Fsp3) is 0.625. The SMILES string of the molecule is CCCc1c(N)nn(C)c1C. The molecule has 1 rings (SSSR count). The molecular formula is C8H15N3. The molecule has 0 aliphatic rings. The Morgan fingerprint density at radius 2 is 2.18 bits per heavy atom. The first kappa shape index (κ1) is 8.11. The van der Waals surface area contributed by atoms with Crippen molar-refractivity contribution in [2.45, 2.75) is 26.7 Å². The van der Waals surface area contributed by atoms with Crippen molar-refractivity contribution in [1.29, 1.82) is 0 Å². The highest BCUT2D eigenvalue weighted by Crippen LogP contribution is 2.15. The molecule has 0 aromatic carbocycles. The standard InChI is InChI=1S/C8H15N3/c1-4-5-7-6(2)11(3)10-8(7)9/h4-5H2,1-3H3,(H2,9,10). The summed E-state index contributed by atoms with van der Waals surface area (Å²) in [7, 11) is 1.92. The average Bonchev–Trinajstić information content (AvgIpc) is 2.17. The van der Waals surface area contributed by atoms with E-state index in [2.05, 4.69) is 12.0 Å². The summed E-state index contributed by atoms with van der Waals surface area (Å²) in [6, 6.07) is 0. The summed E-state index contributed by atoms with van der Waals surface area (Å²) in [6.07, 6.45) is 2.15. The maximum Gasteiger partial charge on any atom is 0.148 e. The maximum atomic E-state index is 5.70. The molecule has 1 aromatic heterocycles. The van der Waals surface area contributed by atoms with E-state index in [-0.39, 0.29) is 0 Å². The Morgan fingerprint density at radius 1 is 1.55 bits per heavy atom. The molecule has 0 atom stereocenters. The van der Waals surface area contributed by atoms with E-state index in [9.17, 15) is 0 Å². The van der Waals surface area contributed by atoms with Gasteiger partial charge in [0.05, 0.1) is 0 Å². The van der Waals surface area contributed by atoms with Crippen LogP contribution in [0.4, 0.5) is 5.82 Å². The lowest BCUT2D eigenvalue weighted by molar-refractivity contribution is 0.739. The van der Waals surface area contributed by atoms with E-state index in [4.69, 9.17) is 5.73 Å². The van der Waals surface area contributed by atoms with Crippen LogP contribution in [0.15, 0.2) is 0 Å². The van der Waals surface area contributed by atoms with Gasteiger partial charge in [0.2, 0.25) is 0 Å². The maximum absolute atomic E-state index is 5.70. The summed E-state index contributed by atoms with van der Waals surface area (Å²) < 4.78 is 1.83. The number of aryl methyl sites for hydroxylation is 1. The van der Waals surface area contributed by atoms with E-state index in [1.54, 1.807) is 0 Å². The largest absolute Gasteiger partial charge is 0.382 e. The van der Waals surface area contributed by atoms with Crippen LogP contribution in [-0.2, 0) is 13.5 Å². The Morgan fingerprint density at radius 3 is 2.55 bits per heavy atom. The van der Waals surface area contributed by atoms with Gasteiger partial charge in [-0.1, -0.05) is 13.3 Å². The minimum absolute atomic E-state index is 0.687. The van der Waals surface area contributed by atoms with Gasteiger partial charge in [-0.05, 0) is 13.3 Å². The van der Waals surface area contributed by atoms with Crippen LogP contribution in [-0.4, -0.2) is 9.78 Å². The van der Waals surface area contributed by atoms with Crippen molar-refractivity contribution in [2.75, 3.05) is 5.73 Å². The molecule has 0 fully saturated rings. The third kappa shape index (κ3) is 1.37. The minimum atomic E-state index is 0.687. The molecule has 1 heterocycles. The molecule has 0 aliphatic carbocycles. The van der Waals surface area contributed by atoms with Crippen LogP contribution >= 0.6 is 0 Å². The monoisotopic (exact) mass is 153 g/mol. The van der Waals surface area contributed by atoms with E-state index >= 15 is 0 Å². The van der Waals surface area contributed by atoms with Gasteiger partial charge >= 0.3 is 0 Å². The number of anilines is 1. The van der Waals surface area contributed by atoms with Gasteiger partial charge in [0.15, 0.2) is 0 Å². The topological polar surface area (TPSA) is 43.8 Å². The van der Waals surface area contributed by atoms with Gasteiger partial charge in [0.1, 0.15) is 5.82 Å². The van der Waals surface area contributed by atoms with Crippen LogP contribution in [0.25, 0.3) is 0 Å². The Balaban J connectivity index is 3.02. The molecule has 0 spiro atoms. The zero-order valence-electron chi connectivity index (χ0n) is 7.39. The molecule has 0 bridgehead atoms. The normalized spacial score (nSPS) is 10.5. The first-order valence-corrected chi connectivity index (χ1v) is 3.94. The second-order valence-corrected chi connectivity index (χ2v) is 2.82. The second-order valence-electron chi connectivity index (χ2n) is 2.82. The first-order valence-electron chi connectivity index (χ1n) is 3.94. The van der Waals surface area contributed by atoms with E-state index in [1.807, 2.05) is 18.7 Å². The lowest BCUT2D eigenvalue weighted by Crippen LogP contribution is -1.93. The highest BCUT2D eigenvalue weighted by atomic mass is 15.3. The van der Waals surface area contributed by atoms with E-state index in [0.29, 0.717) is 5.82 Å². The molecule has 0 saturated carbocycles. The number of aromatic nitrogens is 2. The number of hydrogen-bond donors (Lipinski definition) is 1. The van der Waals surface area contributed by atoms with Crippen LogP contribution in [0.2, 0.25) is 0 Å². The van der Waals surface area contributed by atoms with Crippen LogP contribution in [0, 0.1) is 6.92 Å². The third-order valence-electron chi connectivity index (χ3n) is 1.99. The third-order valence-corrected chi connectivity index (χ3v) is 1.99. The molecule has 1 aromatic rings. The van der Waals surface area contributed by atoms with Crippen molar-refractivity contribution in [3.63, 3.8) is 0 Å². The van der Waals surface area contributed by atoms with Gasteiger partial charge in [-0.3, -0.25) is 4.68 Å². The fourth-order valence-electron chi connectivity index (χ4n) is 1.24. The van der Waals surface area contributed by atoms with Crippen LogP contribution in [0.3, 0.4) is 0 Å². The molecule has 62 valence electrons. The molecule has 3 heteroatoms. The van der Waals surface area contributed by atoms with Gasteiger partial charge in [-0.15, -0.1) is 0 Å². The molecule has 0 radical (unpaired) electrons. The number of nitrogens with zero attached hydrogens (tertiary/aromatic N) is 2. The number of nitrogen functional groups attached to an aromatic ring is 1. The molecule has 0 saturated heterocycles. The Kier molecular flexibility index (Phi) is 2.17. The van der Waals surface area contributed by atoms with Crippen LogP contribution in [0.1, 0.15) is 24.6 Å². The van der Waals surface area contributed by atoms with Gasteiger partial charge in [-0.25, -0.2) is 0 Å². The molecule has 11 heavy (non-hydrogen) atoms. The van der Waals surface area contributed by atoms with Crippen molar-refractivity contribution in [3.8, 4) is 0 Å². The van der Waals surface area contributed by atoms with E-state index in [0.717, 1.165) is 12.8 Å². The van der Waals surface area contributed by atoms with Gasteiger partial charge in [0, 0.05) is 18.3 Å². The minimum Gasteiger partial charge on any atom is -0.382 e. The highest BCUT2D eigenvalue weighted by molar-refractivity contribution is 5.42. The molecule has 0 amide bonds. The van der Waals surface area contributed by atoms with Gasteiger partial charge in [0.25, 0.3) is 0 Å². The molecule has 3 nitrogen and oxygen atoms in total. The zero-order valence-corrected chi connectivity index (χ0v) is 7.39. The summed E-state index contributed by atoms with van der Waals surface area (Å²) in [5, 5.41) is 4.12. The number of hydrogen-bond acceptors (Lipinski definition) is 2. The van der Waals surface area contributed by atoms with Crippen molar-refractivity contribution in [1.82, 2.24) is 9.78 Å². The lowest BCUT2D eigenvalue weighted by Gasteiger charge is -1.97. The van der Waals surface area contributed by atoms with Crippen LogP contribution < -0.4 is 5.73 Å². The Bertz CT molecular complexity index is 250. The molecule has 2 N–H and O–H groups in total. The summed E-state index contributed by atoms with van der Waals surface area (Å²) in [6.45, 7) is 4.19. The summed E-state index contributed by atoms with van der Waals surface area (Å²) in [4.78, 5) is 0. The van der Waals surface area contributed by atoms with E-state index in [1.165, 1.54) is 11.3 Å². The average molecular weight is 153 g/mol. The van der Waals surface area contributed by atoms with E-state index < -0.39 is 0 Å². The molecule has 0 unspecified atom stereocenters. The quantitative estimate of drug-likeness (QED) is 0.695. The van der Waals surface area contributed by atoms with Crippen molar-refractivity contribution in [2.24, 2.45) is 7.05 Å². The summed E-state index contributed by atoms with van der Waals surface area (Å²) in [5.74, 6) is 0.687. The number of rotatable bonds is 2. The first-order chi connectivity index (χ1) is 5.16. The Hall–Kier alpha value is -0.990. The predicted octanol–water partition coefficient (Wildman–Crippen LogP) is 1.26. The Labute approximate surface area is 67.2 Å². The molecular weight excluding hydrogens is 138 g/mol. The summed E-state index contributed by atoms with van der Waals surface area (Å²) in [5.41, 5.74) is 8.08. The highest BCUT2D eigenvalue weighted by Gasteiger charge is 2.07. The fourth-order valence-corrected chi connectivity index (χ4v) is 1.24. The van der Waals surface area contributed by atoms with Gasteiger partial charge < -0.3 is 5.73 Å². The summed E-state index contributed by atoms with van der Waals surface area (Å²) >= 11 is 0. The van der Waals surface area contributed by atoms with Gasteiger partial charge in [-0.2, -0.15) is 5.10 Å².